The van der Waals surface area contributed by atoms with E-state index in [2.05, 4.69) is 258 Å². The van der Waals surface area contributed by atoms with Crippen LogP contribution in [0.15, 0.2) is 473 Å². The molecule has 0 aliphatic heterocycles. The van der Waals surface area contributed by atoms with Crippen molar-refractivity contribution in [2.75, 3.05) is 74.0 Å². The molecule has 0 spiro atoms. The van der Waals surface area contributed by atoms with Gasteiger partial charge in [0.25, 0.3) is 0 Å². The van der Waals surface area contributed by atoms with Gasteiger partial charge < -0.3 is 59.6 Å². The van der Waals surface area contributed by atoms with Crippen LogP contribution in [0.25, 0.3) is 0 Å². The van der Waals surface area contributed by atoms with Crippen molar-refractivity contribution in [1.29, 1.82) is 0 Å². The molecule has 0 amide bonds. The maximum atomic E-state index is 11.7. The molecular formula is C130H134N8O4Zr2+2. The molecule has 0 bridgehead atoms. The maximum Gasteiger partial charge on any atom is 4.00 e. The maximum absolute atomic E-state index is 11.7. The number of phenolic OH excluding ortho intramolecular Hbond substituents is 4. The largest absolute Gasteiger partial charge is 4.00 e. The second-order valence-corrected chi connectivity index (χ2v) is 35.1. The van der Waals surface area contributed by atoms with Gasteiger partial charge in [-0.3, -0.25) is 0 Å². The van der Waals surface area contributed by atoms with Gasteiger partial charge >= 0.3 is 52.4 Å². The molecule has 0 aliphatic rings. The van der Waals surface area contributed by atoms with E-state index in [0.717, 1.165) is 172 Å². The molecule has 0 saturated carbocycles. The molecule has 0 fully saturated rings. The van der Waals surface area contributed by atoms with Gasteiger partial charge in [-0.1, -0.05) is 206 Å². The summed E-state index contributed by atoms with van der Waals surface area (Å²) in [5.41, 5.74) is 25.2. The standard InChI is InChI=1S/2C44H46N4O2.6C7H7.2Zr/c2*1-33-27-35(43(49)41(29-33)47(37-17-9-5-10-18-37)38-19-11-6-12-20-38)31-45(3)25-26-46(4)32-36-28-34(2)30-42(44(36)50)48(39-21-13-7-14-22-39)40-23-15-8-16-24-40;6*1-7-5-3-2-4-6-7;;/h2*5-24,27-30,49-50H,25-26,31-32H2,1-4H3;6*2-6H,1H2;;/q;;6*-1;2*+4. The number of anilines is 12. The van der Waals surface area contributed by atoms with Crippen molar-refractivity contribution in [3.63, 3.8) is 0 Å². The van der Waals surface area contributed by atoms with Crippen LogP contribution in [0.3, 0.4) is 0 Å². The molecule has 0 unspecified atom stereocenters. The molecule has 14 heteroatoms. The molecule has 0 aliphatic carbocycles. The predicted octanol–water partition coefficient (Wildman–Crippen LogP) is 31.6. The zero-order valence-electron chi connectivity index (χ0n) is 84.3. The van der Waals surface area contributed by atoms with Crippen molar-refractivity contribution in [2.24, 2.45) is 0 Å². The number of aromatic hydroxyl groups is 4. The summed E-state index contributed by atoms with van der Waals surface area (Å²) in [5.74, 6) is 1.12. The van der Waals surface area contributed by atoms with Gasteiger partial charge in [-0.15, -0.1) is 72.8 Å². The third kappa shape index (κ3) is 36.6. The summed E-state index contributed by atoms with van der Waals surface area (Å²) in [6.45, 7) is 36.1. The summed E-state index contributed by atoms with van der Waals surface area (Å²) < 4.78 is 0. The Hall–Kier alpha value is -14.8. The van der Waals surface area contributed by atoms with E-state index in [4.69, 9.17) is 0 Å². The van der Waals surface area contributed by atoms with Crippen LogP contribution in [0.4, 0.5) is 68.2 Å². The zero-order chi connectivity index (χ0) is 101. The fourth-order valence-corrected chi connectivity index (χ4v) is 15.9. The quantitative estimate of drug-likeness (QED) is 0.0388. The summed E-state index contributed by atoms with van der Waals surface area (Å²) in [5, 5.41) is 46.8. The third-order valence-electron chi connectivity index (χ3n) is 22.9. The van der Waals surface area contributed by atoms with Gasteiger partial charge in [-0.25, -0.2) is 0 Å². The van der Waals surface area contributed by atoms with Gasteiger partial charge in [0.1, 0.15) is 23.0 Å². The fourth-order valence-electron chi connectivity index (χ4n) is 15.9. The van der Waals surface area contributed by atoms with E-state index in [-0.39, 0.29) is 75.4 Å². The van der Waals surface area contributed by atoms with E-state index >= 15 is 0 Å². The number of likely N-dealkylation sites (N-methyl/N-ethyl adjacent to an activating group) is 4. The predicted molar refractivity (Wildman–Crippen MR) is 601 cm³/mol. The van der Waals surface area contributed by atoms with Crippen LogP contribution in [0.1, 0.15) is 77.9 Å². The first kappa shape index (κ1) is 113. The van der Waals surface area contributed by atoms with Crippen molar-refractivity contribution in [1.82, 2.24) is 19.6 Å². The van der Waals surface area contributed by atoms with E-state index < -0.39 is 0 Å². The molecule has 12 nitrogen and oxygen atoms in total. The minimum absolute atomic E-state index is 0. The van der Waals surface area contributed by atoms with Crippen molar-refractivity contribution in [3.05, 3.63) is 593 Å². The normalized spacial score (nSPS) is 10.3. The molecule has 0 aromatic heterocycles. The molecule has 0 heterocycles. The summed E-state index contributed by atoms with van der Waals surface area (Å²) >= 11 is 0. The number of phenols is 4. The molecule has 4 N–H and O–H groups in total. The number of rotatable bonds is 26. The van der Waals surface area contributed by atoms with E-state index in [9.17, 15) is 20.4 Å². The molecule has 18 rings (SSSR count). The summed E-state index contributed by atoms with van der Waals surface area (Å²) in [7, 11) is 8.34. The zero-order valence-corrected chi connectivity index (χ0v) is 89.2. The van der Waals surface area contributed by atoms with Gasteiger partial charge in [0, 0.05) is 120 Å². The molecule has 18 aromatic rings. The van der Waals surface area contributed by atoms with Crippen molar-refractivity contribution in [2.45, 2.75) is 53.9 Å². The number of aryl methyl sites for hydroxylation is 4. The second kappa shape index (κ2) is 60.5. The van der Waals surface area contributed by atoms with E-state index in [1.807, 2.05) is 352 Å². The Morgan fingerprint density at radius 3 is 0.389 bits per heavy atom. The monoisotopic (exact) mass is 2050 g/mol. The topological polar surface area (TPSA) is 107 Å². The van der Waals surface area contributed by atoms with Gasteiger partial charge in [0.05, 0.1) is 22.7 Å². The van der Waals surface area contributed by atoms with Gasteiger partial charge in [-0.05, 0) is 199 Å². The molecule has 0 radical (unpaired) electrons. The molecule has 724 valence electrons. The van der Waals surface area contributed by atoms with E-state index in [1.165, 1.54) is 0 Å². The Morgan fingerprint density at radius 2 is 0.285 bits per heavy atom. The van der Waals surface area contributed by atoms with Gasteiger partial charge in [0.15, 0.2) is 0 Å². The first-order valence-electron chi connectivity index (χ1n) is 47.8. The first-order valence-corrected chi connectivity index (χ1v) is 47.8. The van der Waals surface area contributed by atoms with Crippen molar-refractivity contribution in [3.8, 4) is 23.0 Å². The Kier molecular flexibility index (Phi) is 47.4. The van der Waals surface area contributed by atoms with E-state index in [1.54, 1.807) is 0 Å². The number of hydrogen-bond acceptors (Lipinski definition) is 12. The van der Waals surface area contributed by atoms with Crippen LogP contribution >= 0.6 is 0 Å². The van der Waals surface area contributed by atoms with E-state index in [0.29, 0.717) is 26.2 Å². The minimum atomic E-state index is 0. The minimum Gasteiger partial charge on any atom is -0.505 e. The molecular weight excluding hydrogens is 1920 g/mol. The molecule has 0 saturated heterocycles. The Bertz CT molecular complexity index is 5600. The van der Waals surface area contributed by atoms with Gasteiger partial charge in [-0.2, -0.15) is 148 Å². The average Bonchev–Trinajstić information content (AvgIpc) is 0.805. The van der Waals surface area contributed by atoms with Crippen LogP contribution in [-0.4, -0.2) is 94.4 Å². The number of para-hydroxylation sites is 8. The fraction of sp³-hybridized carbons (Fsp3) is 0.123. The smallest absolute Gasteiger partial charge is 0.505 e. The molecule has 144 heavy (non-hydrogen) atoms. The summed E-state index contributed by atoms with van der Waals surface area (Å²) in [6.07, 6.45) is 0. The Balaban J connectivity index is 0.000000224. The average molecular weight is 2060 g/mol. The van der Waals surface area contributed by atoms with Crippen LogP contribution < -0.4 is 19.6 Å². The first-order chi connectivity index (χ1) is 68.9. The number of hydrogen-bond donors (Lipinski definition) is 4. The van der Waals surface area contributed by atoms with Crippen molar-refractivity contribution >= 4 is 68.2 Å². The van der Waals surface area contributed by atoms with Crippen LogP contribution in [0.5, 0.6) is 23.0 Å². The SMILES string of the molecule is Cc1cc(CN(C)CCN(C)Cc2cc(C)cc(N(c3ccccc3)c3ccccc3)c2O)c(O)c(N(c2ccccc2)c2ccccc2)c1.Cc1cc(CN(C)CCN(C)Cc2cc(C)cc(N(c3ccccc3)c3ccccc3)c2O)c(O)c(N(c2ccccc2)c2ccccc2)c1.[CH2-]c1ccccc1.[CH2-]c1ccccc1.[CH2-]c1ccccc1.[CH2-]c1ccccc1.[CH2-]c1ccccc1.[CH2-]c1ccccc1.[Zr+4].[Zr+4]. The van der Waals surface area contributed by atoms with Gasteiger partial charge in [0.2, 0.25) is 0 Å². The Labute approximate surface area is 896 Å². The summed E-state index contributed by atoms with van der Waals surface area (Å²) in [4.78, 5) is 17.4. The molecule has 0 atom stereocenters. The second-order valence-electron chi connectivity index (χ2n) is 35.1. The Morgan fingerprint density at radius 1 is 0.174 bits per heavy atom. The summed E-state index contributed by atoms with van der Waals surface area (Å²) in [6, 6.07) is 157. The number of benzene rings is 18. The number of nitrogens with zero attached hydrogens (tertiary/aromatic N) is 8. The van der Waals surface area contributed by atoms with Crippen molar-refractivity contribution < 1.29 is 72.8 Å². The van der Waals surface area contributed by atoms with Crippen LogP contribution in [-0.2, 0) is 78.6 Å². The molecule has 18 aromatic carbocycles. The third-order valence-corrected chi connectivity index (χ3v) is 22.9. The van der Waals surface area contributed by atoms with Crippen LogP contribution in [0.2, 0.25) is 0 Å². The van der Waals surface area contributed by atoms with Crippen LogP contribution in [0, 0.1) is 69.2 Å².